The molecule has 0 bridgehead atoms. The fourth-order valence-electron chi connectivity index (χ4n) is 0.843. The van der Waals surface area contributed by atoms with Crippen LogP contribution in [0.5, 0.6) is 0 Å². The van der Waals surface area contributed by atoms with Crippen molar-refractivity contribution in [3.8, 4) is 0 Å². The minimum atomic E-state index is -0.454. The summed E-state index contributed by atoms with van der Waals surface area (Å²) in [5.41, 5.74) is 0.763. The minimum absolute atomic E-state index is 0.454. The highest BCUT2D eigenvalue weighted by Crippen LogP contribution is 2.13. The van der Waals surface area contributed by atoms with E-state index in [4.69, 9.17) is 0 Å². The van der Waals surface area contributed by atoms with Crippen molar-refractivity contribution in [1.29, 1.82) is 0 Å². The van der Waals surface area contributed by atoms with Gasteiger partial charge >= 0.3 is 0 Å². The van der Waals surface area contributed by atoms with Crippen molar-refractivity contribution in [2.24, 2.45) is 7.05 Å². The summed E-state index contributed by atoms with van der Waals surface area (Å²) in [6.07, 6.45) is 3.08. The average molecular weight is 173 g/mol. The Morgan fingerprint density at radius 3 is 3.00 bits per heavy atom. The Balaban J connectivity index is 2.67. The maximum Gasteiger partial charge on any atom is 0.106 e. The topological polar surface area (TPSA) is 50.9 Å². The Hall–Kier alpha value is -0.550. The van der Waals surface area contributed by atoms with Crippen molar-refractivity contribution in [3.05, 3.63) is 11.9 Å². The molecule has 0 aromatic carbocycles. The average Bonchev–Trinajstić information content (AvgIpc) is 2.36. The maximum absolute atomic E-state index is 9.47. The number of thioether (sulfide) groups is 1. The van der Waals surface area contributed by atoms with Crippen molar-refractivity contribution in [1.82, 2.24) is 15.0 Å². The molecule has 1 N–H and O–H groups in total. The molecule has 1 atom stereocenters. The van der Waals surface area contributed by atoms with Crippen LogP contribution in [0.25, 0.3) is 0 Å². The first-order chi connectivity index (χ1) is 5.25. The van der Waals surface area contributed by atoms with E-state index in [1.165, 1.54) is 0 Å². The van der Waals surface area contributed by atoms with Gasteiger partial charge in [0.05, 0.1) is 11.9 Å². The van der Waals surface area contributed by atoms with Gasteiger partial charge in [0.25, 0.3) is 0 Å². The summed E-state index contributed by atoms with van der Waals surface area (Å²) in [6, 6.07) is 0. The summed E-state index contributed by atoms with van der Waals surface area (Å²) < 4.78 is 1.58. The quantitative estimate of drug-likeness (QED) is 0.710. The second kappa shape index (κ2) is 3.73. The molecule has 0 aliphatic carbocycles. The number of rotatable bonds is 3. The van der Waals surface area contributed by atoms with Gasteiger partial charge in [0.2, 0.25) is 0 Å². The molecular formula is C6H11N3OS. The summed E-state index contributed by atoms with van der Waals surface area (Å²) in [7, 11) is 1.77. The number of hydrogen-bond acceptors (Lipinski definition) is 4. The van der Waals surface area contributed by atoms with Crippen molar-refractivity contribution >= 4 is 11.8 Å². The van der Waals surface area contributed by atoms with Gasteiger partial charge in [-0.1, -0.05) is 5.21 Å². The molecule has 1 aromatic rings. The number of aliphatic hydroxyl groups is 1. The number of aliphatic hydroxyl groups excluding tert-OH is 1. The van der Waals surface area contributed by atoms with E-state index in [9.17, 15) is 5.11 Å². The number of aryl methyl sites for hydroxylation is 1. The molecule has 4 nitrogen and oxygen atoms in total. The summed E-state index contributed by atoms with van der Waals surface area (Å²) in [5.74, 6) is 0.682. The Labute approximate surface area is 69.6 Å². The molecule has 1 aromatic heterocycles. The molecule has 62 valence electrons. The normalized spacial score (nSPS) is 13.4. The van der Waals surface area contributed by atoms with E-state index < -0.39 is 6.10 Å². The van der Waals surface area contributed by atoms with Crippen LogP contribution in [0.3, 0.4) is 0 Å². The van der Waals surface area contributed by atoms with Crippen LogP contribution in [0.1, 0.15) is 11.8 Å². The lowest BCUT2D eigenvalue weighted by atomic mass is 10.3. The second-order valence-corrected chi connectivity index (χ2v) is 3.16. The zero-order chi connectivity index (χ0) is 8.27. The molecule has 0 saturated heterocycles. The van der Waals surface area contributed by atoms with Gasteiger partial charge in [-0.2, -0.15) is 11.8 Å². The molecule has 11 heavy (non-hydrogen) atoms. The van der Waals surface area contributed by atoms with Crippen LogP contribution in [-0.4, -0.2) is 32.1 Å². The fourth-order valence-corrected chi connectivity index (χ4v) is 1.33. The summed E-state index contributed by atoms with van der Waals surface area (Å²) in [6.45, 7) is 0. The highest BCUT2D eigenvalue weighted by molar-refractivity contribution is 7.98. The van der Waals surface area contributed by atoms with Crippen molar-refractivity contribution in [2.75, 3.05) is 12.0 Å². The lowest BCUT2D eigenvalue weighted by Gasteiger charge is -2.06. The van der Waals surface area contributed by atoms with E-state index in [0.29, 0.717) is 5.75 Å². The van der Waals surface area contributed by atoms with Crippen LogP contribution in [0.15, 0.2) is 6.20 Å². The van der Waals surface area contributed by atoms with Crippen molar-refractivity contribution < 1.29 is 5.11 Å². The molecule has 0 amide bonds. The summed E-state index contributed by atoms with van der Waals surface area (Å²) >= 11 is 1.60. The maximum atomic E-state index is 9.47. The summed E-state index contributed by atoms with van der Waals surface area (Å²) in [5, 5.41) is 16.9. The molecule has 0 fully saturated rings. The summed E-state index contributed by atoms with van der Waals surface area (Å²) in [4.78, 5) is 0. The molecule has 1 rings (SSSR count). The third-order valence-corrected chi connectivity index (χ3v) is 2.06. The molecular weight excluding hydrogens is 162 g/mol. The smallest absolute Gasteiger partial charge is 0.106 e. The minimum Gasteiger partial charge on any atom is -0.386 e. The fraction of sp³-hybridized carbons (Fsp3) is 0.667. The lowest BCUT2D eigenvalue weighted by Crippen LogP contribution is -2.06. The van der Waals surface area contributed by atoms with E-state index >= 15 is 0 Å². The lowest BCUT2D eigenvalue weighted by molar-refractivity contribution is 0.194. The Morgan fingerprint density at radius 1 is 1.82 bits per heavy atom. The molecule has 0 saturated carbocycles. The zero-order valence-corrected chi connectivity index (χ0v) is 7.38. The van der Waals surface area contributed by atoms with Gasteiger partial charge in [-0.3, -0.25) is 0 Å². The van der Waals surface area contributed by atoms with E-state index in [1.807, 2.05) is 6.26 Å². The van der Waals surface area contributed by atoms with Gasteiger partial charge in [-0.25, -0.2) is 4.68 Å². The van der Waals surface area contributed by atoms with E-state index in [0.717, 1.165) is 5.69 Å². The Bertz CT molecular complexity index is 225. The number of hydrogen-bond donors (Lipinski definition) is 1. The predicted octanol–water partition coefficient (Wildman–Crippen LogP) is 0.211. The van der Waals surface area contributed by atoms with Crippen LogP contribution in [-0.2, 0) is 7.05 Å². The van der Waals surface area contributed by atoms with Crippen LogP contribution >= 0.6 is 11.8 Å². The van der Waals surface area contributed by atoms with Gasteiger partial charge in [-0.15, -0.1) is 5.10 Å². The Morgan fingerprint density at radius 2 is 2.55 bits per heavy atom. The second-order valence-electron chi connectivity index (χ2n) is 2.25. The third-order valence-electron chi connectivity index (χ3n) is 1.42. The molecule has 1 heterocycles. The van der Waals surface area contributed by atoms with Crippen LogP contribution in [0.2, 0.25) is 0 Å². The third kappa shape index (κ3) is 1.94. The van der Waals surface area contributed by atoms with Gasteiger partial charge in [-0.05, 0) is 6.26 Å². The number of aromatic nitrogens is 3. The Kier molecular flexibility index (Phi) is 2.90. The van der Waals surface area contributed by atoms with Crippen LogP contribution in [0, 0.1) is 0 Å². The van der Waals surface area contributed by atoms with E-state index in [1.54, 1.807) is 29.7 Å². The molecule has 0 aliphatic heterocycles. The van der Waals surface area contributed by atoms with Gasteiger partial charge in [0.1, 0.15) is 6.10 Å². The van der Waals surface area contributed by atoms with Gasteiger partial charge < -0.3 is 5.11 Å². The van der Waals surface area contributed by atoms with Crippen molar-refractivity contribution in [2.45, 2.75) is 6.10 Å². The highest BCUT2D eigenvalue weighted by Gasteiger charge is 2.10. The standard InChI is InChI=1S/C6H11N3OS/c1-9-5(3-7-8-9)6(10)4-11-2/h3,6,10H,4H2,1-2H3. The van der Waals surface area contributed by atoms with Gasteiger partial charge in [0, 0.05) is 12.8 Å². The number of nitrogens with zero attached hydrogens (tertiary/aromatic N) is 3. The SMILES string of the molecule is CSCC(O)c1cnnn1C. The highest BCUT2D eigenvalue weighted by atomic mass is 32.2. The van der Waals surface area contributed by atoms with Crippen LogP contribution < -0.4 is 0 Å². The molecule has 0 aliphatic rings. The van der Waals surface area contributed by atoms with Crippen LogP contribution in [0.4, 0.5) is 0 Å². The molecule has 1 unspecified atom stereocenters. The van der Waals surface area contributed by atoms with E-state index in [-0.39, 0.29) is 0 Å². The first kappa shape index (κ1) is 8.55. The largest absolute Gasteiger partial charge is 0.386 e. The van der Waals surface area contributed by atoms with E-state index in [2.05, 4.69) is 10.3 Å². The van der Waals surface area contributed by atoms with Crippen molar-refractivity contribution in [3.63, 3.8) is 0 Å². The molecule has 5 heteroatoms. The monoisotopic (exact) mass is 173 g/mol. The first-order valence-electron chi connectivity index (χ1n) is 3.27. The first-order valence-corrected chi connectivity index (χ1v) is 4.66. The predicted molar refractivity (Wildman–Crippen MR) is 44.3 cm³/mol. The molecule has 0 spiro atoms. The zero-order valence-electron chi connectivity index (χ0n) is 6.56. The van der Waals surface area contributed by atoms with Gasteiger partial charge in [0.15, 0.2) is 0 Å². The molecule has 0 radical (unpaired) electrons.